The quantitative estimate of drug-likeness (QED) is 0.575. The van der Waals surface area contributed by atoms with Crippen molar-refractivity contribution in [2.24, 2.45) is 23.3 Å². The third kappa shape index (κ3) is 17.4. The Morgan fingerprint density at radius 3 is 1.11 bits per heavy atom. The maximum Gasteiger partial charge on any atom is 0.320 e. The van der Waals surface area contributed by atoms with E-state index in [1.807, 2.05) is 27.7 Å². The Hall–Kier alpha value is -0.634. The average Bonchev–Trinajstić information content (AvgIpc) is 2.16. The van der Waals surface area contributed by atoms with Crippen LogP contribution in [0.1, 0.15) is 40.5 Å². The fourth-order valence-electron chi connectivity index (χ4n) is 1.22. The van der Waals surface area contributed by atoms with Crippen molar-refractivity contribution >= 4 is 11.9 Å². The molecule has 0 saturated carbocycles. The third-order valence-corrected chi connectivity index (χ3v) is 2.09. The molecule has 0 aliphatic carbocycles. The minimum atomic E-state index is -0.913. The van der Waals surface area contributed by atoms with E-state index in [-0.39, 0.29) is 16.8 Å². The van der Waals surface area contributed by atoms with Gasteiger partial charge in [-0.1, -0.05) is 27.7 Å². The molecule has 0 aliphatic heterocycles. The largest absolute Gasteiger partial charge is 0.480 e. The molecule has 0 rings (SSSR count). The van der Waals surface area contributed by atoms with Crippen LogP contribution in [-0.2, 0) is 26.4 Å². The van der Waals surface area contributed by atoms with Crippen molar-refractivity contribution in [1.29, 1.82) is 0 Å². The maximum atomic E-state index is 10.1. The van der Waals surface area contributed by atoms with Crippen molar-refractivity contribution in [3.05, 3.63) is 0 Å². The van der Waals surface area contributed by atoms with Gasteiger partial charge in [-0.2, -0.15) is 0 Å². The van der Waals surface area contributed by atoms with Gasteiger partial charge >= 0.3 is 11.9 Å². The molecule has 2 atom stereocenters. The average molecular weight is 321 g/mol. The number of carboxylic acid groups (broad SMARTS) is 2. The first-order valence-electron chi connectivity index (χ1n) is 6.04. The fourth-order valence-corrected chi connectivity index (χ4v) is 1.22. The van der Waals surface area contributed by atoms with Crippen LogP contribution in [0, 0.1) is 11.8 Å². The zero-order valence-electron chi connectivity index (χ0n) is 11.9. The van der Waals surface area contributed by atoms with Crippen molar-refractivity contribution < 1.29 is 36.6 Å². The van der Waals surface area contributed by atoms with Crippen LogP contribution in [0.15, 0.2) is 0 Å². The van der Waals surface area contributed by atoms with Crippen molar-refractivity contribution in [1.82, 2.24) is 0 Å². The van der Waals surface area contributed by atoms with E-state index in [0.29, 0.717) is 24.7 Å². The SMILES string of the molecule is CC(C)CC(N)C(=O)O.CC(C)CC(N)C(=O)O.[Co]. The van der Waals surface area contributed by atoms with Crippen LogP contribution in [0.25, 0.3) is 0 Å². The summed E-state index contributed by atoms with van der Waals surface area (Å²) >= 11 is 0. The van der Waals surface area contributed by atoms with Gasteiger partial charge in [0.2, 0.25) is 0 Å². The van der Waals surface area contributed by atoms with Gasteiger partial charge in [0.1, 0.15) is 12.1 Å². The van der Waals surface area contributed by atoms with E-state index < -0.39 is 24.0 Å². The van der Waals surface area contributed by atoms with Crippen LogP contribution < -0.4 is 11.5 Å². The van der Waals surface area contributed by atoms with Gasteiger partial charge in [0.05, 0.1) is 0 Å². The number of nitrogens with two attached hydrogens (primary N) is 2. The molecule has 0 aromatic heterocycles. The minimum absolute atomic E-state index is 0. The summed E-state index contributed by atoms with van der Waals surface area (Å²) in [5, 5.41) is 16.6. The molecule has 1 radical (unpaired) electrons. The molecule has 0 heterocycles. The standard InChI is InChI=1S/2C6H13NO2.Co/c2*1-4(2)3-5(7)6(8)9;/h2*4-5H,3,7H2,1-2H3,(H,8,9);. The number of carboxylic acids is 2. The van der Waals surface area contributed by atoms with Gasteiger partial charge in [0.25, 0.3) is 0 Å². The molecule has 0 spiro atoms. The Balaban J connectivity index is -0.000000256. The molecule has 7 heteroatoms. The minimum Gasteiger partial charge on any atom is -0.480 e. The monoisotopic (exact) mass is 321 g/mol. The van der Waals surface area contributed by atoms with E-state index in [4.69, 9.17) is 21.7 Å². The Labute approximate surface area is 125 Å². The van der Waals surface area contributed by atoms with E-state index in [2.05, 4.69) is 0 Å². The molecular formula is C12H26CoN2O4. The van der Waals surface area contributed by atoms with Crippen LogP contribution in [0.2, 0.25) is 0 Å². The summed E-state index contributed by atoms with van der Waals surface area (Å²) < 4.78 is 0. The third-order valence-electron chi connectivity index (χ3n) is 2.09. The van der Waals surface area contributed by atoms with Crippen LogP contribution in [0.5, 0.6) is 0 Å². The van der Waals surface area contributed by atoms with E-state index in [1.54, 1.807) is 0 Å². The summed E-state index contributed by atoms with van der Waals surface area (Å²) in [4.78, 5) is 20.2. The van der Waals surface area contributed by atoms with Crippen molar-refractivity contribution in [3.8, 4) is 0 Å². The first-order valence-corrected chi connectivity index (χ1v) is 6.04. The smallest absolute Gasteiger partial charge is 0.320 e. The second-order valence-electron chi connectivity index (χ2n) is 5.15. The zero-order valence-corrected chi connectivity index (χ0v) is 13.0. The van der Waals surface area contributed by atoms with Gasteiger partial charge in [0, 0.05) is 16.8 Å². The fraction of sp³-hybridized carbons (Fsp3) is 0.833. The molecule has 19 heavy (non-hydrogen) atoms. The molecule has 6 nitrogen and oxygen atoms in total. The first-order chi connectivity index (χ1) is 8.07. The molecule has 0 saturated heterocycles. The molecule has 0 aromatic rings. The van der Waals surface area contributed by atoms with Gasteiger partial charge in [0.15, 0.2) is 0 Å². The van der Waals surface area contributed by atoms with E-state index >= 15 is 0 Å². The van der Waals surface area contributed by atoms with Crippen molar-refractivity contribution in [2.45, 2.75) is 52.6 Å². The molecule has 6 N–H and O–H groups in total. The first kappa shape index (κ1) is 23.5. The zero-order chi connectivity index (χ0) is 14.9. The Kier molecular flexibility index (Phi) is 15.3. The number of rotatable bonds is 6. The normalized spacial score (nSPS) is 13.1. The van der Waals surface area contributed by atoms with E-state index in [9.17, 15) is 9.59 Å². The Bertz CT molecular complexity index is 234. The van der Waals surface area contributed by atoms with Crippen LogP contribution in [0.3, 0.4) is 0 Å². The van der Waals surface area contributed by atoms with Gasteiger partial charge < -0.3 is 21.7 Å². The number of hydrogen-bond donors (Lipinski definition) is 4. The van der Waals surface area contributed by atoms with Crippen molar-refractivity contribution in [2.75, 3.05) is 0 Å². The molecular weight excluding hydrogens is 295 g/mol. The molecule has 0 aliphatic rings. The molecule has 0 amide bonds. The summed E-state index contributed by atoms with van der Waals surface area (Å²) in [5.41, 5.74) is 10.4. The molecule has 0 fully saturated rings. The Morgan fingerprint density at radius 2 is 1.05 bits per heavy atom. The van der Waals surface area contributed by atoms with E-state index in [0.717, 1.165) is 0 Å². The summed E-state index contributed by atoms with van der Waals surface area (Å²) in [6.07, 6.45) is 1.10. The Morgan fingerprint density at radius 1 is 0.842 bits per heavy atom. The van der Waals surface area contributed by atoms with Crippen LogP contribution in [-0.4, -0.2) is 34.2 Å². The summed E-state index contributed by atoms with van der Waals surface area (Å²) in [6.45, 7) is 7.79. The summed E-state index contributed by atoms with van der Waals surface area (Å²) in [7, 11) is 0. The van der Waals surface area contributed by atoms with Gasteiger partial charge in [-0.05, 0) is 24.7 Å². The van der Waals surface area contributed by atoms with Crippen LogP contribution >= 0.6 is 0 Å². The van der Waals surface area contributed by atoms with Crippen molar-refractivity contribution in [3.63, 3.8) is 0 Å². The predicted molar refractivity (Wildman–Crippen MR) is 70.1 cm³/mol. The summed E-state index contributed by atoms with van der Waals surface area (Å²) in [5.74, 6) is -1.11. The molecule has 2 unspecified atom stereocenters. The van der Waals surface area contributed by atoms with Crippen LogP contribution in [0.4, 0.5) is 0 Å². The van der Waals surface area contributed by atoms with E-state index in [1.165, 1.54) is 0 Å². The number of carbonyl (C=O) groups is 2. The molecule has 117 valence electrons. The molecule has 0 bridgehead atoms. The second-order valence-corrected chi connectivity index (χ2v) is 5.15. The second kappa shape index (κ2) is 12.4. The predicted octanol–water partition coefficient (Wildman–Crippen LogP) is 0.886. The number of hydrogen-bond acceptors (Lipinski definition) is 4. The molecule has 0 aromatic carbocycles. The van der Waals surface area contributed by atoms with Gasteiger partial charge in [-0.3, -0.25) is 9.59 Å². The summed E-state index contributed by atoms with van der Waals surface area (Å²) in [6, 6.07) is -1.38. The topological polar surface area (TPSA) is 127 Å². The maximum absolute atomic E-state index is 10.1. The van der Waals surface area contributed by atoms with Gasteiger partial charge in [-0.25, -0.2) is 0 Å². The number of aliphatic carboxylic acids is 2. The van der Waals surface area contributed by atoms with Gasteiger partial charge in [-0.15, -0.1) is 0 Å².